The third-order valence-corrected chi connectivity index (χ3v) is 2.56. The van der Waals surface area contributed by atoms with Gasteiger partial charge in [0.25, 0.3) is 0 Å². The van der Waals surface area contributed by atoms with E-state index in [1.165, 1.54) is 25.7 Å². The lowest BCUT2D eigenvalue weighted by molar-refractivity contribution is 0.277. The first-order valence-corrected chi connectivity index (χ1v) is 4.53. The summed E-state index contributed by atoms with van der Waals surface area (Å²) in [7, 11) is 0. The van der Waals surface area contributed by atoms with E-state index in [0.717, 1.165) is 5.69 Å². The van der Waals surface area contributed by atoms with Crippen LogP contribution in [-0.2, 0) is 6.61 Å². The van der Waals surface area contributed by atoms with E-state index in [2.05, 4.69) is 9.55 Å². The molecular formula is C9H14N2O. The number of rotatable bonds is 2. The van der Waals surface area contributed by atoms with Crippen molar-refractivity contribution in [1.82, 2.24) is 9.55 Å². The van der Waals surface area contributed by atoms with Gasteiger partial charge in [0.1, 0.15) is 0 Å². The molecule has 1 saturated carbocycles. The molecule has 1 heterocycles. The molecule has 0 spiro atoms. The number of aliphatic hydroxyl groups is 1. The first-order valence-electron chi connectivity index (χ1n) is 4.53. The SMILES string of the molecule is OCc1cn(C2CCCC2)cn1. The summed E-state index contributed by atoms with van der Waals surface area (Å²) in [6.45, 7) is 0.0553. The number of nitrogens with zero attached hydrogens (tertiary/aromatic N) is 2. The molecule has 3 nitrogen and oxygen atoms in total. The lowest BCUT2D eigenvalue weighted by atomic mass is 10.2. The molecule has 0 saturated heterocycles. The van der Waals surface area contributed by atoms with Crippen molar-refractivity contribution < 1.29 is 5.11 Å². The number of aromatic nitrogens is 2. The lowest BCUT2D eigenvalue weighted by Gasteiger charge is -2.08. The third-order valence-electron chi connectivity index (χ3n) is 2.56. The number of imidazole rings is 1. The first-order chi connectivity index (χ1) is 5.90. The van der Waals surface area contributed by atoms with Gasteiger partial charge in [-0.15, -0.1) is 0 Å². The van der Waals surface area contributed by atoms with Crippen molar-refractivity contribution in [3.05, 3.63) is 18.2 Å². The molecule has 0 atom stereocenters. The fourth-order valence-electron chi connectivity index (χ4n) is 1.86. The summed E-state index contributed by atoms with van der Waals surface area (Å²) in [5.41, 5.74) is 0.780. The molecule has 2 rings (SSSR count). The van der Waals surface area contributed by atoms with Crippen molar-refractivity contribution >= 4 is 0 Å². The van der Waals surface area contributed by atoms with Crippen LogP contribution in [-0.4, -0.2) is 14.7 Å². The van der Waals surface area contributed by atoms with Crippen LogP contribution >= 0.6 is 0 Å². The van der Waals surface area contributed by atoms with Crippen LogP contribution in [0.25, 0.3) is 0 Å². The molecule has 1 aromatic heterocycles. The zero-order chi connectivity index (χ0) is 8.39. The van der Waals surface area contributed by atoms with E-state index in [1.54, 1.807) is 0 Å². The predicted octanol–water partition coefficient (Wildman–Crippen LogP) is 1.49. The van der Waals surface area contributed by atoms with Gasteiger partial charge in [-0.25, -0.2) is 4.98 Å². The van der Waals surface area contributed by atoms with Gasteiger partial charge in [0.2, 0.25) is 0 Å². The summed E-state index contributed by atoms with van der Waals surface area (Å²) in [4.78, 5) is 4.09. The van der Waals surface area contributed by atoms with Gasteiger partial charge in [-0.2, -0.15) is 0 Å². The van der Waals surface area contributed by atoms with Gasteiger partial charge in [0.05, 0.1) is 18.6 Å². The molecule has 0 aromatic carbocycles. The van der Waals surface area contributed by atoms with Gasteiger partial charge in [-0.1, -0.05) is 12.8 Å². The number of hydrogen-bond acceptors (Lipinski definition) is 2. The molecule has 1 fully saturated rings. The fourth-order valence-corrected chi connectivity index (χ4v) is 1.86. The minimum absolute atomic E-state index is 0.0553. The Morgan fingerprint density at radius 3 is 2.83 bits per heavy atom. The minimum atomic E-state index is 0.0553. The van der Waals surface area contributed by atoms with Crippen molar-refractivity contribution in [2.45, 2.75) is 38.3 Å². The maximum absolute atomic E-state index is 8.82. The van der Waals surface area contributed by atoms with Crippen LogP contribution in [0.2, 0.25) is 0 Å². The van der Waals surface area contributed by atoms with Crippen molar-refractivity contribution in [2.75, 3.05) is 0 Å². The maximum Gasteiger partial charge on any atom is 0.0953 e. The van der Waals surface area contributed by atoms with Crippen LogP contribution in [0, 0.1) is 0 Å². The second-order valence-electron chi connectivity index (χ2n) is 3.41. The minimum Gasteiger partial charge on any atom is -0.390 e. The Balaban J connectivity index is 2.11. The fraction of sp³-hybridized carbons (Fsp3) is 0.667. The largest absolute Gasteiger partial charge is 0.390 e. The van der Waals surface area contributed by atoms with Crippen molar-refractivity contribution in [3.63, 3.8) is 0 Å². The molecular weight excluding hydrogens is 152 g/mol. The molecule has 0 bridgehead atoms. The highest BCUT2D eigenvalue weighted by molar-refractivity contribution is 4.96. The summed E-state index contributed by atoms with van der Waals surface area (Å²) < 4.78 is 2.14. The van der Waals surface area contributed by atoms with Crippen LogP contribution in [0.5, 0.6) is 0 Å². The molecule has 1 aliphatic carbocycles. The van der Waals surface area contributed by atoms with Crippen LogP contribution < -0.4 is 0 Å². The molecule has 0 amide bonds. The normalized spacial score (nSPS) is 18.8. The second kappa shape index (κ2) is 3.27. The Labute approximate surface area is 72.0 Å². The average molecular weight is 166 g/mol. The molecule has 12 heavy (non-hydrogen) atoms. The highest BCUT2D eigenvalue weighted by Crippen LogP contribution is 2.29. The van der Waals surface area contributed by atoms with Gasteiger partial charge >= 0.3 is 0 Å². The Kier molecular flexibility index (Phi) is 2.13. The Hall–Kier alpha value is -0.830. The van der Waals surface area contributed by atoms with E-state index in [-0.39, 0.29) is 6.61 Å². The van der Waals surface area contributed by atoms with Gasteiger partial charge in [-0.05, 0) is 12.8 Å². The summed E-state index contributed by atoms with van der Waals surface area (Å²) in [5.74, 6) is 0. The predicted molar refractivity (Wildman–Crippen MR) is 45.7 cm³/mol. The molecule has 3 heteroatoms. The zero-order valence-corrected chi connectivity index (χ0v) is 7.11. The molecule has 1 aromatic rings. The van der Waals surface area contributed by atoms with Crippen LogP contribution in [0.3, 0.4) is 0 Å². The number of aliphatic hydroxyl groups excluding tert-OH is 1. The van der Waals surface area contributed by atoms with Crippen LogP contribution in [0.1, 0.15) is 37.4 Å². The van der Waals surface area contributed by atoms with E-state index in [4.69, 9.17) is 5.11 Å². The Morgan fingerprint density at radius 1 is 1.50 bits per heavy atom. The number of hydrogen-bond donors (Lipinski definition) is 1. The molecule has 1 aliphatic rings. The molecule has 66 valence electrons. The van der Waals surface area contributed by atoms with E-state index < -0.39 is 0 Å². The molecule has 0 aliphatic heterocycles. The van der Waals surface area contributed by atoms with Gasteiger partial charge in [0, 0.05) is 12.2 Å². The Bertz CT molecular complexity index is 251. The van der Waals surface area contributed by atoms with E-state index in [0.29, 0.717) is 6.04 Å². The highest BCUT2D eigenvalue weighted by atomic mass is 16.3. The van der Waals surface area contributed by atoms with E-state index in [9.17, 15) is 0 Å². The van der Waals surface area contributed by atoms with E-state index in [1.807, 2.05) is 12.5 Å². The quantitative estimate of drug-likeness (QED) is 0.722. The monoisotopic (exact) mass is 166 g/mol. The third kappa shape index (κ3) is 1.37. The first kappa shape index (κ1) is 7.80. The summed E-state index contributed by atoms with van der Waals surface area (Å²) >= 11 is 0. The summed E-state index contributed by atoms with van der Waals surface area (Å²) in [5, 5.41) is 8.82. The zero-order valence-electron chi connectivity index (χ0n) is 7.11. The molecule has 0 unspecified atom stereocenters. The summed E-state index contributed by atoms with van der Waals surface area (Å²) in [6.07, 6.45) is 8.98. The summed E-state index contributed by atoms with van der Waals surface area (Å²) in [6, 6.07) is 0.637. The molecule has 0 radical (unpaired) electrons. The van der Waals surface area contributed by atoms with Crippen molar-refractivity contribution in [3.8, 4) is 0 Å². The van der Waals surface area contributed by atoms with Crippen LogP contribution in [0.4, 0.5) is 0 Å². The topological polar surface area (TPSA) is 38.0 Å². The van der Waals surface area contributed by atoms with Gasteiger partial charge < -0.3 is 9.67 Å². The van der Waals surface area contributed by atoms with Crippen molar-refractivity contribution in [1.29, 1.82) is 0 Å². The van der Waals surface area contributed by atoms with Gasteiger partial charge in [0.15, 0.2) is 0 Å². The standard InChI is InChI=1S/C9H14N2O/c12-6-8-5-11(7-10-8)9-3-1-2-4-9/h5,7,9,12H,1-4,6H2. The Morgan fingerprint density at radius 2 is 2.25 bits per heavy atom. The smallest absolute Gasteiger partial charge is 0.0953 e. The second-order valence-corrected chi connectivity index (χ2v) is 3.41. The van der Waals surface area contributed by atoms with Gasteiger partial charge in [-0.3, -0.25) is 0 Å². The average Bonchev–Trinajstić information content (AvgIpc) is 2.75. The van der Waals surface area contributed by atoms with Crippen molar-refractivity contribution in [2.24, 2.45) is 0 Å². The lowest BCUT2D eigenvalue weighted by Crippen LogP contribution is -2.00. The molecule has 1 N–H and O–H groups in total. The van der Waals surface area contributed by atoms with Crippen LogP contribution in [0.15, 0.2) is 12.5 Å². The highest BCUT2D eigenvalue weighted by Gasteiger charge is 2.16. The van der Waals surface area contributed by atoms with E-state index >= 15 is 0 Å². The maximum atomic E-state index is 8.82.